The predicted molar refractivity (Wildman–Crippen MR) is 105 cm³/mol. The Morgan fingerprint density at radius 1 is 1.04 bits per heavy atom. The molecule has 1 N–H and O–H groups in total. The number of rotatable bonds is 4. The Hall–Kier alpha value is -3.23. The molecule has 0 spiro atoms. The zero-order valence-electron chi connectivity index (χ0n) is 14.4. The van der Waals surface area contributed by atoms with Gasteiger partial charge in [0.1, 0.15) is 11.8 Å². The van der Waals surface area contributed by atoms with Crippen molar-refractivity contribution in [2.24, 2.45) is 0 Å². The minimum absolute atomic E-state index is 0.175. The topological polar surface area (TPSA) is 62.1 Å². The summed E-state index contributed by atoms with van der Waals surface area (Å²) in [6.07, 6.45) is 0.858. The van der Waals surface area contributed by atoms with Crippen LogP contribution in [0.15, 0.2) is 76.5 Å². The summed E-state index contributed by atoms with van der Waals surface area (Å²) >= 11 is 1.42. The van der Waals surface area contributed by atoms with E-state index in [4.69, 9.17) is 4.74 Å². The van der Waals surface area contributed by atoms with Crippen molar-refractivity contribution >= 4 is 23.4 Å². The molecule has 0 atom stereocenters. The molecule has 1 amide bonds. The second-order valence-corrected chi connectivity index (χ2v) is 7.17. The van der Waals surface area contributed by atoms with Crippen LogP contribution in [0, 0.1) is 11.3 Å². The summed E-state index contributed by atoms with van der Waals surface area (Å²) in [5.41, 5.74) is 3.03. The number of nitrogens with zero attached hydrogens (tertiary/aromatic N) is 1. The van der Waals surface area contributed by atoms with Gasteiger partial charge in [0.25, 0.3) is 5.91 Å². The van der Waals surface area contributed by atoms with Gasteiger partial charge in [0.05, 0.1) is 17.7 Å². The fraction of sp³-hybridized carbons (Fsp3) is 0.0909. The lowest BCUT2D eigenvalue weighted by molar-refractivity contribution is 0.102. The molecule has 5 heteroatoms. The zero-order valence-corrected chi connectivity index (χ0v) is 15.3. The lowest BCUT2D eigenvalue weighted by atomic mass is 10.1. The van der Waals surface area contributed by atoms with Gasteiger partial charge in [-0.2, -0.15) is 5.26 Å². The average molecular weight is 372 g/mol. The quantitative estimate of drug-likeness (QED) is 0.708. The van der Waals surface area contributed by atoms with Gasteiger partial charge in [0.2, 0.25) is 0 Å². The third-order valence-electron chi connectivity index (χ3n) is 4.31. The molecule has 27 heavy (non-hydrogen) atoms. The summed E-state index contributed by atoms with van der Waals surface area (Å²) < 4.78 is 5.51. The zero-order chi connectivity index (χ0) is 18.6. The van der Waals surface area contributed by atoms with Crippen LogP contribution in [0.1, 0.15) is 21.5 Å². The molecule has 1 aliphatic rings. The molecular formula is C22H16N2O2S. The Labute approximate surface area is 161 Å². The molecule has 1 heterocycles. The maximum absolute atomic E-state index is 12.9. The smallest absolute Gasteiger partial charge is 0.256 e. The average Bonchev–Trinajstić information content (AvgIpc) is 3.16. The fourth-order valence-corrected chi connectivity index (χ4v) is 4.00. The Morgan fingerprint density at radius 2 is 1.81 bits per heavy atom. The molecule has 3 aromatic rings. The van der Waals surface area contributed by atoms with Crippen LogP contribution in [0.3, 0.4) is 0 Å². The summed E-state index contributed by atoms with van der Waals surface area (Å²) in [5, 5.41) is 12.3. The summed E-state index contributed by atoms with van der Waals surface area (Å²) in [6.45, 7) is 0.685. The highest BCUT2D eigenvalue weighted by molar-refractivity contribution is 7.99. The number of carbonyl (C=O) groups is 1. The molecule has 0 aromatic heterocycles. The van der Waals surface area contributed by atoms with Crippen LogP contribution in [0.2, 0.25) is 0 Å². The molecular weight excluding hydrogens is 356 g/mol. The van der Waals surface area contributed by atoms with Gasteiger partial charge in [-0.25, -0.2) is 0 Å². The van der Waals surface area contributed by atoms with E-state index >= 15 is 0 Å². The second kappa shape index (κ2) is 7.56. The molecule has 3 aromatic carbocycles. The molecule has 0 unspecified atom stereocenters. The summed E-state index contributed by atoms with van der Waals surface area (Å²) in [4.78, 5) is 14.5. The first-order valence-corrected chi connectivity index (χ1v) is 9.39. The number of anilines is 1. The number of nitrogens with one attached hydrogen (secondary N) is 1. The molecule has 0 radical (unpaired) electrons. The number of nitriles is 1. The molecule has 4 nitrogen and oxygen atoms in total. The molecule has 1 aliphatic heterocycles. The molecule has 132 valence electrons. The highest BCUT2D eigenvalue weighted by atomic mass is 32.2. The minimum Gasteiger partial charge on any atom is -0.493 e. The third kappa shape index (κ3) is 3.67. The first-order chi connectivity index (χ1) is 13.2. The van der Waals surface area contributed by atoms with E-state index in [2.05, 4.69) is 11.4 Å². The van der Waals surface area contributed by atoms with Crippen molar-refractivity contribution in [2.75, 3.05) is 11.9 Å². The lowest BCUT2D eigenvalue weighted by Gasteiger charge is -2.11. The van der Waals surface area contributed by atoms with E-state index in [9.17, 15) is 10.1 Å². The van der Waals surface area contributed by atoms with Crippen molar-refractivity contribution in [3.8, 4) is 11.8 Å². The largest absolute Gasteiger partial charge is 0.493 e. The number of hydrogen-bond acceptors (Lipinski definition) is 4. The van der Waals surface area contributed by atoms with E-state index in [1.807, 2.05) is 54.6 Å². The maximum atomic E-state index is 12.9. The monoisotopic (exact) mass is 372 g/mol. The van der Waals surface area contributed by atoms with E-state index in [1.165, 1.54) is 11.8 Å². The molecule has 0 fully saturated rings. The van der Waals surface area contributed by atoms with E-state index in [1.54, 1.807) is 12.1 Å². The van der Waals surface area contributed by atoms with Crippen LogP contribution in [0.5, 0.6) is 5.75 Å². The van der Waals surface area contributed by atoms with Crippen molar-refractivity contribution < 1.29 is 9.53 Å². The van der Waals surface area contributed by atoms with E-state index in [0.717, 1.165) is 33.2 Å². The van der Waals surface area contributed by atoms with Crippen LogP contribution in [0.25, 0.3) is 0 Å². The van der Waals surface area contributed by atoms with E-state index in [-0.39, 0.29) is 5.91 Å². The second-order valence-electron chi connectivity index (χ2n) is 6.08. The summed E-state index contributed by atoms with van der Waals surface area (Å²) in [7, 11) is 0. The molecule has 0 bridgehead atoms. The van der Waals surface area contributed by atoms with Gasteiger partial charge in [-0.15, -0.1) is 0 Å². The number of ether oxygens (including phenoxy) is 1. The van der Waals surface area contributed by atoms with Gasteiger partial charge in [-0.1, -0.05) is 36.0 Å². The van der Waals surface area contributed by atoms with Crippen molar-refractivity contribution in [3.63, 3.8) is 0 Å². The predicted octanol–water partition coefficient (Wildman–Crippen LogP) is 4.90. The van der Waals surface area contributed by atoms with Crippen LogP contribution in [-0.2, 0) is 6.42 Å². The highest BCUT2D eigenvalue weighted by Gasteiger charge is 2.16. The first-order valence-electron chi connectivity index (χ1n) is 8.58. The highest BCUT2D eigenvalue weighted by Crippen LogP contribution is 2.33. The van der Waals surface area contributed by atoms with Gasteiger partial charge in [-0.3, -0.25) is 4.79 Å². The van der Waals surface area contributed by atoms with Crippen LogP contribution in [-0.4, -0.2) is 12.5 Å². The van der Waals surface area contributed by atoms with Gasteiger partial charge in [0, 0.05) is 21.9 Å². The van der Waals surface area contributed by atoms with Crippen LogP contribution >= 0.6 is 11.8 Å². The molecule has 0 saturated carbocycles. The summed E-state index contributed by atoms with van der Waals surface area (Å²) in [5.74, 6) is 0.712. The van der Waals surface area contributed by atoms with Gasteiger partial charge < -0.3 is 10.1 Å². The summed E-state index contributed by atoms with van der Waals surface area (Å²) in [6, 6.07) is 22.7. The lowest BCUT2D eigenvalue weighted by Crippen LogP contribution is -2.13. The van der Waals surface area contributed by atoms with Gasteiger partial charge in [-0.05, 0) is 48.0 Å². The Morgan fingerprint density at radius 3 is 2.67 bits per heavy atom. The van der Waals surface area contributed by atoms with Crippen molar-refractivity contribution in [1.29, 1.82) is 5.26 Å². The fourth-order valence-electron chi connectivity index (χ4n) is 2.97. The first kappa shape index (κ1) is 17.2. The number of carbonyl (C=O) groups excluding carboxylic acids is 1. The molecule has 0 saturated heterocycles. The van der Waals surface area contributed by atoms with Crippen LogP contribution in [0.4, 0.5) is 5.69 Å². The Balaban J connectivity index is 1.59. The van der Waals surface area contributed by atoms with E-state index in [0.29, 0.717) is 17.7 Å². The van der Waals surface area contributed by atoms with Crippen LogP contribution < -0.4 is 10.1 Å². The van der Waals surface area contributed by atoms with Crippen molar-refractivity contribution in [1.82, 2.24) is 0 Å². The number of hydrogen-bond donors (Lipinski definition) is 1. The Bertz CT molecular complexity index is 1060. The maximum Gasteiger partial charge on any atom is 0.256 e. The SMILES string of the molecule is N#Cc1ccccc1Sc1ccccc1C(=O)Nc1ccc2c(c1)CCO2. The number of benzene rings is 3. The third-order valence-corrected chi connectivity index (χ3v) is 5.46. The van der Waals surface area contributed by atoms with Gasteiger partial charge >= 0.3 is 0 Å². The molecule has 4 rings (SSSR count). The number of amides is 1. The van der Waals surface area contributed by atoms with Crippen molar-refractivity contribution in [3.05, 3.63) is 83.4 Å². The number of fused-ring (bicyclic) bond motifs is 1. The minimum atomic E-state index is -0.175. The van der Waals surface area contributed by atoms with Gasteiger partial charge in [0.15, 0.2) is 0 Å². The Kier molecular flexibility index (Phi) is 4.82. The standard InChI is InChI=1S/C22H16N2O2S/c23-14-16-5-1-3-7-20(16)27-21-8-4-2-6-18(21)22(25)24-17-9-10-19-15(13-17)11-12-26-19/h1-10,13H,11-12H2,(H,24,25). The molecule has 0 aliphatic carbocycles. The van der Waals surface area contributed by atoms with Crippen molar-refractivity contribution in [2.45, 2.75) is 16.2 Å². The van der Waals surface area contributed by atoms with E-state index < -0.39 is 0 Å². The normalized spacial score (nSPS) is 12.0.